The molecule has 288 valence electrons. The molecule has 12 nitrogen and oxygen atoms in total. The third-order valence-corrected chi connectivity index (χ3v) is 11.9. The summed E-state index contributed by atoms with van der Waals surface area (Å²) in [6, 6.07) is 41.6. The van der Waals surface area contributed by atoms with Crippen molar-refractivity contribution in [3.8, 4) is 22.7 Å². The largest absolute Gasteiger partial charge is 0.334 e. The zero-order chi connectivity index (χ0) is 39.1. The van der Waals surface area contributed by atoms with Crippen molar-refractivity contribution in [3.05, 3.63) is 166 Å². The number of aromatic nitrogens is 8. The number of anilines is 4. The van der Waals surface area contributed by atoms with Crippen LogP contribution in [0.2, 0.25) is 0 Å². The fraction of sp³-hybridized carbons (Fsp3) is 0.217. The molecular formula is C46H44N12. The Morgan fingerprint density at radius 3 is 0.724 bits per heavy atom. The zero-order valence-corrected chi connectivity index (χ0v) is 33.2. The normalized spacial score (nSPS) is 14.7. The minimum atomic E-state index is 0.843. The monoisotopic (exact) mass is 764 g/mol. The Morgan fingerprint density at radius 1 is 0.310 bits per heavy atom. The molecule has 0 amide bonds. The van der Waals surface area contributed by atoms with Gasteiger partial charge in [0, 0.05) is 22.3 Å². The highest BCUT2D eigenvalue weighted by molar-refractivity contribution is 5.69. The van der Waals surface area contributed by atoms with Crippen LogP contribution in [-0.4, -0.2) is 52.5 Å². The van der Waals surface area contributed by atoms with Gasteiger partial charge < -0.3 is 19.6 Å². The van der Waals surface area contributed by atoms with Gasteiger partial charge in [-0.1, -0.05) is 72.8 Å². The second-order valence-electron chi connectivity index (χ2n) is 15.6. The number of benzene rings is 4. The Bertz CT molecular complexity index is 2410. The predicted octanol–water partition coefficient (Wildman–Crippen LogP) is 7.95. The van der Waals surface area contributed by atoms with E-state index in [1.54, 1.807) is 0 Å². The maximum atomic E-state index is 4.90. The number of para-hydroxylation sites is 4. The Hall–Kier alpha value is -7.08. The van der Waals surface area contributed by atoms with Gasteiger partial charge in [-0.15, -0.1) is 0 Å². The van der Waals surface area contributed by atoms with Crippen molar-refractivity contribution in [1.29, 1.82) is 0 Å². The molecule has 4 aliphatic rings. The van der Waals surface area contributed by atoms with Gasteiger partial charge in [0.2, 0.25) is 0 Å². The Kier molecular flexibility index (Phi) is 7.82. The molecule has 0 unspecified atom stereocenters. The first-order valence-electron chi connectivity index (χ1n) is 20.0. The van der Waals surface area contributed by atoms with Crippen molar-refractivity contribution in [2.45, 2.75) is 53.9 Å². The van der Waals surface area contributed by atoms with Gasteiger partial charge in [-0.3, -0.25) is 0 Å². The minimum Gasteiger partial charge on any atom is -0.334 e. The van der Waals surface area contributed by atoms with Gasteiger partial charge >= 0.3 is 0 Å². The first-order valence-corrected chi connectivity index (χ1v) is 20.0. The van der Waals surface area contributed by atoms with Crippen molar-refractivity contribution in [2.75, 3.05) is 32.9 Å². The van der Waals surface area contributed by atoms with Crippen LogP contribution in [0.3, 0.4) is 0 Å². The maximum Gasteiger partial charge on any atom is 0.139 e. The molecule has 12 rings (SSSR count). The molecule has 0 fully saturated rings. The van der Waals surface area contributed by atoms with E-state index in [4.69, 9.17) is 20.4 Å². The van der Waals surface area contributed by atoms with Crippen LogP contribution in [0.25, 0.3) is 22.7 Å². The molecule has 4 bridgehead atoms. The molecule has 0 atom stereocenters. The number of aryl methyl sites for hydroxylation is 4. The SMILES string of the molecule is Cc1nn(-c2ccccc2)c2c1CN1CN2Cc2c(C)nn(-c3ccccc3)c21.Cc1nn(-c2ccccc2)c2c1CN1CN2Cc2c(C)nn(-c3ccccc3)c21. The van der Waals surface area contributed by atoms with Crippen molar-refractivity contribution in [2.24, 2.45) is 0 Å². The van der Waals surface area contributed by atoms with Crippen LogP contribution < -0.4 is 19.6 Å². The van der Waals surface area contributed by atoms with Gasteiger partial charge in [0.25, 0.3) is 0 Å². The highest BCUT2D eigenvalue weighted by atomic mass is 15.5. The van der Waals surface area contributed by atoms with E-state index in [1.165, 1.54) is 45.5 Å². The molecule has 0 radical (unpaired) electrons. The van der Waals surface area contributed by atoms with Gasteiger partial charge in [0.15, 0.2) is 0 Å². The summed E-state index contributed by atoms with van der Waals surface area (Å²) in [6.07, 6.45) is 0. The van der Waals surface area contributed by atoms with E-state index in [0.29, 0.717) is 0 Å². The molecule has 4 aromatic heterocycles. The fourth-order valence-corrected chi connectivity index (χ4v) is 9.17. The first kappa shape index (κ1) is 34.2. The van der Waals surface area contributed by atoms with Crippen molar-refractivity contribution in [3.63, 3.8) is 0 Å². The van der Waals surface area contributed by atoms with Gasteiger partial charge in [-0.05, 0) is 76.2 Å². The lowest BCUT2D eigenvalue weighted by Gasteiger charge is -2.42. The maximum absolute atomic E-state index is 4.90. The van der Waals surface area contributed by atoms with E-state index in [-0.39, 0.29) is 0 Å². The van der Waals surface area contributed by atoms with Gasteiger partial charge in [0.1, 0.15) is 23.3 Å². The van der Waals surface area contributed by atoms with Crippen molar-refractivity contribution < 1.29 is 0 Å². The van der Waals surface area contributed by atoms with Crippen LogP contribution in [0.15, 0.2) is 121 Å². The number of fused-ring (bicyclic) bond motifs is 12. The third kappa shape index (κ3) is 5.35. The molecule has 0 saturated heterocycles. The summed E-state index contributed by atoms with van der Waals surface area (Å²) >= 11 is 0. The molecule has 0 N–H and O–H groups in total. The lowest BCUT2D eigenvalue weighted by molar-refractivity contribution is 0.618. The predicted molar refractivity (Wildman–Crippen MR) is 228 cm³/mol. The van der Waals surface area contributed by atoms with Crippen LogP contribution in [0, 0.1) is 27.7 Å². The molecule has 0 saturated carbocycles. The second-order valence-corrected chi connectivity index (χ2v) is 15.6. The van der Waals surface area contributed by atoms with E-state index < -0.39 is 0 Å². The second kappa shape index (κ2) is 13.3. The lowest BCUT2D eigenvalue weighted by Crippen LogP contribution is -2.47. The van der Waals surface area contributed by atoms with Gasteiger partial charge in [0.05, 0.1) is 85.0 Å². The van der Waals surface area contributed by atoms with Gasteiger partial charge in [-0.25, -0.2) is 18.7 Å². The molecular weight excluding hydrogens is 721 g/mol. The first-order chi connectivity index (χ1) is 28.4. The molecule has 4 aromatic carbocycles. The van der Waals surface area contributed by atoms with Crippen LogP contribution >= 0.6 is 0 Å². The Labute approximate surface area is 337 Å². The molecule has 12 heteroatoms. The summed E-state index contributed by atoms with van der Waals surface area (Å²) < 4.78 is 8.40. The zero-order valence-electron chi connectivity index (χ0n) is 33.2. The van der Waals surface area contributed by atoms with Crippen LogP contribution in [-0.2, 0) is 26.2 Å². The molecule has 0 spiro atoms. The number of hydrogen-bond acceptors (Lipinski definition) is 8. The van der Waals surface area contributed by atoms with E-state index >= 15 is 0 Å². The third-order valence-electron chi connectivity index (χ3n) is 11.9. The summed E-state index contributed by atoms with van der Waals surface area (Å²) in [5, 5.41) is 19.6. The standard InChI is InChI=1S/2C23H22N6/c2*1-16-20-13-26-15-27(22(20)28(24-16)18-9-5-3-6-10-18)14-21-17(2)25-29(23(21)26)19-11-7-4-8-12-19/h2*3-12H,13-15H2,1-2H3. The molecule has 8 aromatic rings. The van der Waals surface area contributed by atoms with E-state index in [0.717, 1.165) is 85.0 Å². The van der Waals surface area contributed by atoms with E-state index in [1.807, 2.05) is 24.3 Å². The highest BCUT2D eigenvalue weighted by Gasteiger charge is 2.39. The Morgan fingerprint density at radius 2 is 0.517 bits per heavy atom. The van der Waals surface area contributed by atoms with Crippen LogP contribution in [0.1, 0.15) is 45.0 Å². The van der Waals surface area contributed by atoms with Crippen LogP contribution in [0.5, 0.6) is 0 Å². The van der Waals surface area contributed by atoms with Crippen molar-refractivity contribution in [1.82, 2.24) is 39.1 Å². The van der Waals surface area contributed by atoms with Crippen molar-refractivity contribution >= 4 is 23.3 Å². The average Bonchev–Trinajstić information content (AvgIpc) is 4.00. The topological polar surface area (TPSA) is 84.2 Å². The summed E-state index contributed by atoms with van der Waals surface area (Å²) in [6.45, 7) is 13.5. The number of hydrogen-bond donors (Lipinski definition) is 0. The number of nitrogens with zero attached hydrogens (tertiary/aromatic N) is 12. The number of rotatable bonds is 4. The van der Waals surface area contributed by atoms with E-state index in [9.17, 15) is 0 Å². The molecule has 4 aliphatic heterocycles. The lowest BCUT2D eigenvalue weighted by atomic mass is 10.1. The quantitative estimate of drug-likeness (QED) is 0.179. The van der Waals surface area contributed by atoms with Gasteiger partial charge in [-0.2, -0.15) is 20.4 Å². The smallest absolute Gasteiger partial charge is 0.139 e. The summed E-state index contributed by atoms with van der Waals surface area (Å²) in [5.74, 6) is 4.84. The average molecular weight is 765 g/mol. The molecule has 8 heterocycles. The van der Waals surface area contributed by atoms with Crippen LogP contribution in [0.4, 0.5) is 23.3 Å². The molecule has 0 aliphatic carbocycles. The summed E-state index contributed by atoms with van der Waals surface area (Å²) in [5.41, 5.74) is 14.0. The summed E-state index contributed by atoms with van der Waals surface area (Å²) in [7, 11) is 0. The minimum absolute atomic E-state index is 0.843. The molecule has 58 heavy (non-hydrogen) atoms. The summed E-state index contributed by atoms with van der Waals surface area (Å²) in [4.78, 5) is 9.72. The van der Waals surface area contributed by atoms with E-state index in [2.05, 4.69) is 163 Å². The highest BCUT2D eigenvalue weighted by Crippen LogP contribution is 2.43. The Balaban J connectivity index is 0.000000133. The fourth-order valence-electron chi connectivity index (χ4n) is 9.17.